The van der Waals surface area contributed by atoms with E-state index in [0.29, 0.717) is 0 Å². The molecule has 0 fully saturated rings. The van der Waals surface area contributed by atoms with Crippen molar-refractivity contribution in [3.63, 3.8) is 0 Å². The van der Waals surface area contributed by atoms with Crippen molar-refractivity contribution < 1.29 is 24.2 Å². The molecule has 0 saturated heterocycles. The van der Waals surface area contributed by atoms with Crippen molar-refractivity contribution in [3.8, 4) is 28.0 Å². The first-order valence-electron chi connectivity index (χ1n) is 12.1. The van der Waals surface area contributed by atoms with E-state index in [9.17, 15) is 14.7 Å². The number of ether oxygens (including phenoxy) is 2. The summed E-state index contributed by atoms with van der Waals surface area (Å²) < 4.78 is 11.0. The maximum Gasteiger partial charge on any atom is 0.407 e. The summed E-state index contributed by atoms with van der Waals surface area (Å²) in [5, 5.41) is 12.3. The van der Waals surface area contributed by atoms with Crippen LogP contribution in [0.2, 0.25) is 0 Å². The molecule has 6 heteroatoms. The standard InChI is InChI=1S/C31H27NO5/c1-36-29-16-7-6-11-22(29)21-10-8-9-20(17-21)18-28(30(33)34)32-31(35)37-19-27-25-14-4-2-12-23(25)24-13-3-5-15-26(24)27/h2-17,27-28H,18-19H2,1H3,(H,32,35)(H,33,34). The molecule has 0 aliphatic heterocycles. The number of hydrogen-bond donors (Lipinski definition) is 2. The molecule has 5 rings (SSSR count). The lowest BCUT2D eigenvalue weighted by Gasteiger charge is -2.18. The van der Waals surface area contributed by atoms with Crippen molar-refractivity contribution in [3.05, 3.63) is 114 Å². The number of para-hydroxylation sites is 1. The molecule has 1 amide bonds. The second-order valence-corrected chi connectivity index (χ2v) is 8.97. The number of carbonyl (C=O) groups is 2. The maximum atomic E-state index is 12.7. The molecule has 0 spiro atoms. The first-order chi connectivity index (χ1) is 18.0. The van der Waals surface area contributed by atoms with E-state index in [1.807, 2.05) is 84.9 Å². The first-order valence-corrected chi connectivity index (χ1v) is 12.1. The monoisotopic (exact) mass is 493 g/mol. The Bertz CT molecular complexity index is 1400. The van der Waals surface area contributed by atoms with Crippen LogP contribution >= 0.6 is 0 Å². The van der Waals surface area contributed by atoms with Crippen LogP contribution in [0.15, 0.2) is 97.1 Å². The Morgan fingerprint density at radius 3 is 2.11 bits per heavy atom. The number of alkyl carbamates (subject to hydrolysis) is 1. The number of carboxylic acid groups (broad SMARTS) is 1. The number of hydrogen-bond acceptors (Lipinski definition) is 4. The molecule has 0 saturated carbocycles. The zero-order valence-electron chi connectivity index (χ0n) is 20.4. The number of amides is 1. The Morgan fingerprint density at radius 1 is 0.838 bits per heavy atom. The lowest BCUT2D eigenvalue weighted by atomic mass is 9.98. The van der Waals surface area contributed by atoms with Gasteiger partial charge in [0.15, 0.2) is 0 Å². The van der Waals surface area contributed by atoms with Gasteiger partial charge in [0, 0.05) is 17.9 Å². The summed E-state index contributed by atoms with van der Waals surface area (Å²) in [5.74, 6) is -0.499. The van der Waals surface area contributed by atoms with Crippen LogP contribution in [0, 0.1) is 0 Å². The summed E-state index contributed by atoms with van der Waals surface area (Å²) in [5.41, 5.74) is 7.04. The van der Waals surface area contributed by atoms with Crippen LogP contribution in [0.4, 0.5) is 4.79 Å². The third-order valence-electron chi connectivity index (χ3n) is 6.72. The van der Waals surface area contributed by atoms with Crippen molar-refractivity contribution >= 4 is 12.1 Å². The SMILES string of the molecule is COc1ccccc1-c1cccc(CC(NC(=O)OCC2c3ccccc3-c3ccccc32)C(=O)O)c1. The van der Waals surface area contributed by atoms with Crippen molar-refractivity contribution in [1.29, 1.82) is 0 Å². The summed E-state index contributed by atoms with van der Waals surface area (Å²) in [6.07, 6.45) is -0.641. The highest BCUT2D eigenvalue weighted by molar-refractivity contribution is 5.81. The highest BCUT2D eigenvalue weighted by Crippen LogP contribution is 2.44. The summed E-state index contributed by atoms with van der Waals surface area (Å²) in [6.45, 7) is 0.121. The smallest absolute Gasteiger partial charge is 0.407 e. The lowest BCUT2D eigenvalue weighted by Crippen LogP contribution is -2.42. The molecule has 186 valence electrons. The van der Waals surface area contributed by atoms with Gasteiger partial charge in [-0.2, -0.15) is 0 Å². The van der Waals surface area contributed by atoms with Crippen molar-refractivity contribution in [1.82, 2.24) is 5.32 Å². The molecule has 0 bridgehead atoms. The Labute approximate surface area is 215 Å². The minimum atomic E-state index is -1.14. The van der Waals surface area contributed by atoms with Crippen LogP contribution < -0.4 is 10.1 Å². The number of nitrogens with one attached hydrogen (secondary N) is 1. The zero-order valence-corrected chi connectivity index (χ0v) is 20.4. The fourth-order valence-electron chi connectivity index (χ4n) is 4.97. The van der Waals surface area contributed by atoms with Gasteiger partial charge in [0.25, 0.3) is 0 Å². The molecule has 1 atom stereocenters. The molecule has 37 heavy (non-hydrogen) atoms. The summed E-state index contributed by atoms with van der Waals surface area (Å²) in [7, 11) is 1.61. The second kappa shape index (κ2) is 10.6. The minimum Gasteiger partial charge on any atom is -0.496 e. The molecule has 1 aliphatic carbocycles. The third kappa shape index (κ3) is 5.05. The van der Waals surface area contributed by atoms with Gasteiger partial charge in [-0.15, -0.1) is 0 Å². The van der Waals surface area contributed by atoms with Crippen molar-refractivity contribution in [2.75, 3.05) is 13.7 Å². The van der Waals surface area contributed by atoms with Gasteiger partial charge in [0.2, 0.25) is 0 Å². The van der Waals surface area contributed by atoms with Crippen LogP contribution in [0.1, 0.15) is 22.6 Å². The molecule has 4 aromatic rings. The number of benzene rings is 4. The number of aliphatic carboxylic acids is 1. The molecule has 6 nitrogen and oxygen atoms in total. The Morgan fingerprint density at radius 2 is 1.46 bits per heavy atom. The van der Waals surface area contributed by atoms with Gasteiger partial charge >= 0.3 is 12.1 Å². The highest BCUT2D eigenvalue weighted by atomic mass is 16.5. The van der Waals surface area contributed by atoms with E-state index in [0.717, 1.165) is 44.7 Å². The third-order valence-corrected chi connectivity index (χ3v) is 6.72. The van der Waals surface area contributed by atoms with Gasteiger partial charge < -0.3 is 19.9 Å². The van der Waals surface area contributed by atoms with E-state index in [1.165, 1.54) is 0 Å². The topological polar surface area (TPSA) is 84.9 Å². The first kappa shape index (κ1) is 24.1. The number of rotatable bonds is 8. The molecule has 2 N–H and O–H groups in total. The number of fused-ring (bicyclic) bond motifs is 3. The molecular formula is C31H27NO5. The predicted molar refractivity (Wildman–Crippen MR) is 142 cm³/mol. The van der Waals surface area contributed by atoms with E-state index < -0.39 is 18.1 Å². The van der Waals surface area contributed by atoms with Crippen molar-refractivity contribution in [2.24, 2.45) is 0 Å². The lowest BCUT2D eigenvalue weighted by molar-refractivity contribution is -0.139. The Kier molecular flexibility index (Phi) is 6.90. The fourth-order valence-corrected chi connectivity index (χ4v) is 4.97. The molecule has 1 unspecified atom stereocenters. The van der Waals surface area contributed by atoms with E-state index in [4.69, 9.17) is 9.47 Å². The van der Waals surface area contributed by atoms with E-state index in [-0.39, 0.29) is 18.9 Å². The quantitative estimate of drug-likeness (QED) is 0.319. The van der Waals surface area contributed by atoms with E-state index in [2.05, 4.69) is 17.4 Å². The summed E-state index contributed by atoms with van der Waals surface area (Å²) in [6, 6.07) is 30.2. The van der Waals surface area contributed by atoms with Crippen LogP contribution in [0.3, 0.4) is 0 Å². The number of carbonyl (C=O) groups excluding carboxylic acids is 1. The molecule has 4 aromatic carbocycles. The second-order valence-electron chi connectivity index (χ2n) is 8.97. The maximum absolute atomic E-state index is 12.7. The van der Waals surface area contributed by atoms with Crippen LogP contribution in [-0.2, 0) is 16.0 Å². The zero-order chi connectivity index (χ0) is 25.8. The van der Waals surface area contributed by atoms with Gasteiger partial charge in [-0.25, -0.2) is 9.59 Å². The molecule has 0 radical (unpaired) electrons. The number of methoxy groups -OCH3 is 1. The fraction of sp³-hybridized carbons (Fsp3) is 0.161. The molecule has 1 aliphatic rings. The summed E-state index contributed by atoms with van der Waals surface area (Å²) in [4.78, 5) is 24.7. The summed E-state index contributed by atoms with van der Waals surface area (Å²) >= 11 is 0. The predicted octanol–water partition coefficient (Wildman–Crippen LogP) is 5.90. The van der Waals surface area contributed by atoms with Gasteiger partial charge in [-0.1, -0.05) is 91.0 Å². The number of carboxylic acids is 1. The molecule has 0 heterocycles. The van der Waals surface area contributed by atoms with Gasteiger partial charge in [-0.3, -0.25) is 0 Å². The van der Waals surface area contributed by atoms with Crippen LogP contribution in [0.5, 0.6) is 5.75 Å². The van der Waals surface area contributed by atoms with Gasteiger partial charge in [-0.05, 0) is 39.4 Å². The van der Waals surface area contributed by atoms with E-state index in [1.54, 1.807) is 7.11 Å². The normalized spacial score (nSPS) is 12.8. The Hall–Kier alpha value is -4.58. The van der Waals surface area contributed by atoms with E-state index >= 15 is 0 Å². The van der Waals surface area contributed by atoms with Crippen LogP contribution in [-0.4, -0.2) is 36.9 Å². The largest absolute Gasteiger partial charge is 0.496 e. The van der Waals surface area contributed by atoms with Gasteiger partial charge in [0.1, 0.15) is 18.4 Å². The molecular weight excluding hydrogens is 466 g/mol. The average Bonchev–Trinajstić information content (AvgIpc) is 3.25. The highest BCUT2D eigenvalue weighted by Gasteiger charge is 2.29. The Balaban J connectivity index is 1.27. The molecule has 0 aromatic heterocycles. The average molecular weight is 494 g/mol. The van der Waals surface area contributed by atoms with Crippen molar-refractivity contribution in [2.45, 2.75) is 18.4 Å². The van der Waals surface area contributed by atoms with Gasteiger partial charge in [0.05, 0.1) is 7.11 Å². The minimum absolute atomic E-state index is 0.0982. The van der Waals surface area contributed by atoms with Crippen LogP contribution in [0.25, 0.3) is 22.3 Å².